The van der Waals surface area contributed by atoms with Crippen molar-refractivity contribution in [2.24, 2.45) is 0 Å². The molecule has 0 atom stereocenters. The monoisotopic (exact) mass is 527 g/mol. The third-order valence-corrected chi connectivity index (χ3v) is 7.13. The van der Waals surface area contributed by atoms with E-state index in [1.807, 2.05) is 19.1 Å². The van der Waals surface area contributed by atoms with Crippen LogP contribution in [0.5, 0.6) is 5.75 Å². The van der Waals surface area contributed by atoms with E-state index >= 15 is 0 Å². The summed E-state index contributed by atoms with van der Waals surface area (Å²) in [5, 5.41) is 6.63. The zero-order valence-electron chi connectivity index (χ0n) is 20.1. The van der Waals surface area contributed by atoms with Gasteiger partial charge in [-0.1, -0.05) is 29.3 Å². The number of methoxy groups -OCH3 is 1. The molecule has 2 aromatic carbocycles. The van der Waals surface area contributed by atoms with Crippen LogP contribution in [0.4, 0.5) is 15.5 Å². The van der Waals surface area contributed by atoms with Crippen molar-refractivity contribution in [3.8, 4) is 5.75 Å². The van der Waals surface area contributed by atoms with Gasteiger partial charge in [0.25, 0.3) is 11.8 Å². The van der Waals surface area contributed by atoms with Crippen LogP contribution >= 0.6 is 22.9 Å². The third kappa shape index (κ3) is 5.47. The van der Waals surface area contributed by atoms with E-state index in [1.54, 1.807) is 42.2 Å². The highest BCUT2D eigenvalue weighted by Crippen LogP contribution is 2.39. The Morgan fingerprint density at radius 2 is 1.83 bits per heavy atom. The van der Waals surface area contributed by atoms with Gasteiger partial charge in [-0.15, -0.1) is 11.3 Å². The van der Waals surface area contributed by atoms with Crippen molar-refractivity contribution < 1.29 is 23.9 Å². The lowest BCUT2D eigenvalue weighted by molar-refractivity contribution is 0.101. The fraction of sp³-hybridized carbons (Fsp3) is 0.269. The second kappa shape index (κ2) is 11.0. The molecule has 0 spiro atoms. The second-order valence-electron chi connectivity index (χ2n) is 8.20. The summed E-state index contributed by atoms with van der Waals surface area (Å²) in [6.07, 6.45) is 0.0389. The van der Waals surface area contributed by atoms with Gasteiger partial charge in [-0.25, -0.2) is 4.79 Å². The molecule has 0 saturated carbocycles. The maximum atomic E-state index is 13.6. The summed E-state index contributed by atoms with van der Waals surface area (Å²) in [5.74, 6) is -0.280. The molecule has 0 radical (unpaired) electrons. The lowest BCUT2D eigenvalue weighted by atomic mass is 10.0. The minimum absolute atomic E-state index is 0.277. The Balaban J connectivity index is 1.69. The van der Waals surface area contributed by atoms with Crippen molar-refractivity contribution in [3.63, 3.8) is 0 Å². The fourth-order valence-electron chi connectivity index (χ4n) is 3.95. The molecule has 10 heteroatoms. The fourth-order valence-corrected chi connectivity index (χ4v) is 5.37. The highest BCUT2D eigenvalue weighted by atomic mass is 35.5. The minimum Gasteiger partial charge on any atom is -0.495 e. The number of hydrogen-bond donors (Lipinski definition) is 2. The number of thiophene rings is 1. The van der Waals surface area contributed by atoms with Crippen molar-refractivity contribution in [2.75, 3.05) is 30.9 Å². The number of nitrogens with zero attached hydrogens (tertiary/aromatic N) is 1. The van der Waals surface area contributed by atoms with E-state index in [0.29, 0.717) is 52.1 Å². The quantitative estimate of drug-likeness (QED) is 0.426. The van der Waals surface area contributed by atoms with Gasteiger partial charge in [0.2, 0.25) is 0 Å². The number of ether oxygens (including phenoxy) is 2. The number of halogens is 1. The van der Waals surface area contributed by atoms with Crippen LogP contribution in [0, 0.1) is 6.92 Å². The Labute approximate surface area is 218 Å². The smallest absolute Gasteiger partial charge is 0.410 e. The van der Waals surface area contributed by atoms with Crippen molar-refractivity contribution in [3.05, 3.63) is 74.6 Å². The van der Waals surface area contributed by atoms with Gasteiger partial charge in [0.15, 0.2) is 0 Å². The van der Waals surface area contributed by atoms with Gasteiger partial charge < -0.3 is 25.0 Å². The number of rotatable bonds is 6. The lowest BCUT2D eigenvalue weighted by Crippen LogP contribution is -2.36. The van der Waals surface area contributed by atoms with E-state index in [4.69, 9.17) is 21.1 Å². The number of fused-ring (bicyclic) bond motifs is 1. The van der Waals surface area contributed by atoms with Crippen LogP contribution < -0.4 is 15.4 Å². The average Bonchev–Trinajstić information content (AvgIpc) is 3.21. The Hall–Kier alpha value is -3.56. The maximum absolute atomic E-state index is 13.6. The standard InChI is InChI=1S/C26H26ClN3O5S/c1-4-35-26(33)30-12-11-18-21(14-30)36-25(29-23(31)16-7-5-15(2)6-8-16)22(18)24(32)28-19-13-17(27)9-10-20(19)34-3/h5-10,13H,4,11-12,14H2,1-3H3,(H,28,32)(H,29,31). The molecule has 0 aliphatic carbocycles. The predicted molar refractivity (Wildman–Crippen MR) is 141 cm³/mol. The first-order valence-electron chi connectivity index (χ1n) is 11.4. The molecule has 3 aromatic rings. The third-order valence-electron chi connectivity index (χ3n) is 5.76. The molecular formula is C26H26ClN3O5S. The molecule has 2 heterocycles. The van der Waals surface area contributed by atoms with E-state index < -0.39 is 12.0 Å². The normalized spacial score (nSPS) is 12.5. The molecule has 188 valence electrons. The Morgan fingerprint density at radius 3 is 2.53 bits per heavy atom. The van der Waals surface area contributed by atoms with Crippen molar-refractivity contribution >= 4 is 51.5 Å². The maximum Gasteiger partial charge on any atom is 0.410 e. The Kier molecular flexibility index (Phi) is 7.81. The second-order valence-corrected chi connectivity index (χ2v) is 9.74. The van der Waals surface area contributed by atoms with Gasteiger partial charge >= 0.3 is 6.09 Å². The van der Waals surface area contributed by atoms with Crippen LogP contribution in [0.1, 0.15) is 43.6 Å². The van der Waals surface area contributed by atoms with Crippen LogP contribution in [0.15, 0.2) is 42.5 Å². The van der Waals surface area contributed by atoms with Gasteiger partial charge in [0, 0.05) is 22.0 Å². The molecule has 4 rings (SSSR count). The Morgan fingerprint density at radius 1 is 1.08 bits per heavy atom. The topological polar surface area (TPSA) is 97.0 Å². The molecule has 2 N–H and O–H groups in total. The van der Waals surface area contributed by atoms with Crippen molar-refractivity contribution in [2.45, 2.75) is 26.8 Å². The molecular weight excluding hydrogens is 502 g/mol. The highest BCUT2D eigenvalue weighted by Gasteiger charge is 2.31. The summed E-state index contributed by atoms with van der Waals surface area (Å²) in [6, 6.07) is 12.1. The van der Waals surface area contributed by atoms with E-state index in [9.17, 15) is 14.4 Å². The van der Waals surface area contributed by atoms with Crippen LogP contribution in [0.25, 0.3) is 0 Å². The summed E-state index contributed by atoms with van der Waals surface area (Å²) < 4.78 is 10.5. The van der Waals surface area contributed by atoms with Gasteiger partial charge in [-0.2, -0.15) is 0 Å². The Bertz CT molecular complexity index is 1310. The number of aryl methyl sites for hydroxylation is 1. The summed E-state index contributed by atoms with van der Waals surface area (Å²) in [4.78, 5) is 41.3. The van der Waals surface area contributed by atoms with E-state index in [1.165, 1.54) is 18.4 Å². The summed E-state index contributed by atoms with van der Waals surface area (Å²) >= 11 is 7.42. The molecule has 0 saturated heterocycles. The number of hydrogen-bond acceptors (Lipinski definition) is 6. The SMILES string of the molecule is CCOC(=O)N1CCc2c(sc(NC(=O)c3ccc(C)cc3)c2C(=O)Nc2cc(Cl)ccc2OC)C1. The van der Waals surface area contributed by atoms with Gasteiger partial charge in [-0.05, 0) is 56.2 Å². The first kappa shape index (κ1) is 25.5. The molecule has 0 unspecified atom stereocenters. The van der Waals surface area contributed by atoms with Crippen molar-refractivity contribution in [1.29, 1.82) is 0 Å². The van der Waals surface area contributed by atoms with Crippen molar-refractivity contribution in [1.82, 2.24) is 4.90 Å². The molecule has 0 bridgehead atoms. The lowest BCUT2D eigenvalue weighted by Gasteiger charge is -2.26. The highest BCUT2D eigenvalue weighted by molar-refractivity contribution is 7.17. The molecule has 3 amide bonds. The largest absolute Gasteiger partial charge is 0.495 e. The number of carbonyl (C=O) groups excluding carboxylic acids is 3. The zero-order valence-corrected chi connectivity index (χ0v) is 21.7. The number of anilines is 2. The predicted octanol–water partition coefficient (Wildman–Crippen LogP) is 5.74. The number of amides is 3. The van der Waals surface area contributed by atoms with E-state index in [-0.39, 0.29) is 12.5 Å². The summed E-state index contributed by atoms with van der Waals surface area (Å²) in [6.45, 7) is 4.66. The summed E-state index contributed by atoms with van der Waals surface area (Å²) in [7, 11) is 1.50. The molecule has 1 aliphatic rings. The molecule has 1 aliphatic heterocycles. The molecule has 1 aromatic heterocycles. The molecule has 8 nitrogen and oxygen atoms in total. The molecule has 36 heavy (non-hydrogen) atoms. The first-order valence-corrected chi connectivity index (χ1v) is 12.6. The van der Waals surface area contributed by atoms with Gasteiger partial charge in [0.05, 0.1) is 31.5 Å². The average molecular weight is 528 g/mol. The molecule has 0 fully saturated rings. The number of nitrogens with one attached hydrogen (secondary N) is 2. The zero-order chi connectivity index (χ0) is 25.8. The minimum atomic E-state index is -0.406. The van der Waals surface area contributed by atoms with Gasteiger partial charge in [0.1, 0.15) is 10.8 Å². The number of carbonyl (C=O) groups is 3. The van der Waals surface area contributed by atoms with Crippen LogP contribution in [-0.2, 0) is 17.7 Å². The van der Waals surface area contributed by atoms with E-state index in [0.717, 1.165) is 16.0 Å². The first-order chi connectivity index (χ1) is 17.3. The summed E-state index contributed by atoms with van der Waals surface area (Å²) in [5.41, 5.74) is 3.07. The van der Waals surface area contributed by atoms with Crippen LogP contribution in [-0.4, -0.2) is 43.1 Å². The van der Waals surface area contributed by atoms with Crippen LogP contribution in [0.3, 0.4) is 0 Å². The van der Waals surface area contributed by atoms with Crippen LogP contribution in [0.2, 0.25) is 5.02 Å². The van der Waals surface area contributed by atoms with E-state index in [2.05, 4.69) is 10.6 Å². The van der Waals surface area contributed by atoms with Gasteiger partial charge in [-0.3, -0.25) is 9.59 Å². The number of benzene rings is 2.